The number of carbonyl (C=O) groups is 2. The molecule has 1 aliphatic heterocycles. The first-order valence-electron chi connectivity index (χ1n) is 6.49. The summed E-state index contributed by atoms with van der Waals surface area (Å²) in [5.74, 6) is -0.817. The number of urea groups is 1. The van der Waals surface area contributed by atoms with E-state index in [0.717, 1.165) is 25.9 Å². The molecule has 0 bridgehead atoms. The molecule has 2 aliphatic rings. The fraction of sp³-hybridized carbons (Fsp3) is 0.833. The highest BCUT2D eigenvalue weighted by Gasteiger charge is 2.50. The van der Waals surface area contributed by atoms with E-state index < -0.39 is 11.4 Å². The van der Waals surface area contributed by atoms with Crippen molar-refractivity contribution in [3.63, 3.8) is 0 Å². The van der Waals surface area contributed by atoms with Crippen molar-refractivity contribution in [2.45, 2.75) is 38.2 Å². The number of hydrogen-bond donors (Lipinski definition) is 3. The van der Waals surface area contributed by atoms with Crippen molar-refractivity contribution < 1.29 is 19.4 Å². The topological polar surface area (TPSA) is 87.7 Å². The third kappa shape index (κ3) is 3.35. The van der Waals surface area contributed by atoms with Gasteiger partial charge in [-0.1, -0.05) is 0 Å². The van der Waals surface area contributed by atoms with Gasteiger partial charge in [0.1, 0.15) is 0 Å². The van der Waals surface area contributed by atoms with Gasteiger partial charge in [-0.2, -0.15) is 0 Å². The third-order valence-electron chi connectivity index (χ3n) is 3.67. The molecular formula is C12H20N2O4. The molecule has 1 saturated heterocycles. The predicted octanol–water partition coefficient (Wildman–Crippen LogP) is 0.719. The molecular weight excluding hydrogens is 236 g/mol. The van der Waals surface area contributed by atoms with E-state index in [-0.39, 0.29) is 18.7 Å². The Balaban J connectivity index is 1.56. The molecule has 102 valence electrons. The average Bonchev–Trinajstić information content (AvgIpc) is 2.97. The number of rotatable bonds is 6. The smallest absolute Gasteiger partial charge is 0.314 e. The van der Waals surface area contributed by atoms with E-state index in [1.807, 2.05) is 0 Å². The largest absolute Gasteiger partial charge is 0.481 e. The number of nitrogens with one attached hydrogen (secondary N) is 2. The van der Waals surface area contributed by atoms with Crippen LogP contribution in [0.3, 0.4) is 0 Å². The number of hydrogen-bond acceptors (Lipinski definition) is 3. The van der Waals surface area contributed by atoms with E-state index in [2.05, 4.69) is 10.6 Å². The quantitative estimate of drug-likeness (QED) is 0.653. The van der Waals surface area contributed by atoms with Gasteiger partial charge in [0.05, 0.1) is 11.5 Å². The van der Waals surface area contributed by atoms with Gasteiger partial charge in [-0.05, 0) is 32.1 Å². The second-order valence-electron chi connectivity index (χ2n) is 5.12. The van der Waals surface area contributed by atoms with E-state index in [1.54, 1.807) is 0 Å². The van der Waals surface area contributed by atoms with Crippen molar-refractivity contribution in [1.29, 1.82) is 0 Å². The van der Waals surface area contributed by atoms with Crippen molar-refractivity contribution in [2.75, 3.05) is 19.7 Å². The van der Waals surface area contributed by atoms with Crippen molar-refractivity contribution >= 4 is 12.0 Å². The number of ether oxygens (including phenoxy) is 1. The molecule has 1 unspecified atom stereocenters. The first kappa shape index (κ1) is 13.1. The van der Waals surface area contributed by atoms with Gasteiger partial charge in [0.15, 0.2) is 0 Å². The molecule has 2 rings (SSSR count). The minimum absolute atomic E-state index is 0.216. The van der Waals surface area contributed by atoms with Crippen LogP contribution in [0.15, 0.2) is 0 Å². The van der Waals surface area contributed by atoms with Gasteiger partial charge in [-0.3, -0.25) is 4.79 Å². The first-order chi connectivity index (χ1) is 8.62. The van der Waals surface area contributed by atoms with E-state index in [0.29, 0.717) is 19.4 Å². The molecule has 0 aromatic heterocycles. The van der Waals surface area contributed by atoms with E-state index in [1.165, 1.54) is 0 Å². The summed E-state index contributed by atoms with van der Waals surface area (Å²) in [6.45, 7) is 1.60. The molecule has 6 heteroatoms. The monoisotopic (exact) mass is 256 g/mol. The van der Waals surface area contributed by atoms with Crippen LogP contribution < -0.4 is 10.6 Å². The van der Waals surface area contributed by atoms with Crippen LogP contribution in [0.25, 0.3) is 0 Å². The Hall–Kier alpha value is -1.30. The van der Waals surface area contributed by atoms with Gasteiger partial charge >= 0.3 is 12.0 Å². The zero-order valence-electron chi connectivity index (χ0n) is 10.4. The number of amides is 2. The molecule has 18 heavy (non-hydrogen) atoms. The maximum atomic E-state index is 11.5. The highest BCUT2D eigenvalue weighted by molar-refractivity contribution is 5.80. The first-order valence-corrected chi connectivity index (χ1v) is 6.49. The van der Waals surface area contributed by atoms with Crippen LogP contribution in [0.5, 0.6) is 0 Å². The summed E-state index contributed by atoms with van der Waals surface area (Å²) in [7, 11) is 0. The van der Waals surface area contributed by atoms with Gasteiger partial charge < -0.3 is 20.5 Å². The Morgan fingerprint density at radius 1 is 1.33 bits per heavy atom. The van der Waals surface area contributed by atoms with Crippen LogP contribution in [0.4, 0.5) is 4.79 Å². The Morgan fingerprint density at radius 2 is 2.11 bits per heavy atom. The van der Waals surface area contributed by atoms with Gasteiger partial charge in [0.25, 0.3) is 0 Å². The fourth-order valence-electron chi connectivity index (χ4n) is 2.15. The molecule has 1 atom stereocenters. The Labute approximate surface area is 106 Å². The summed E-state index contributed by atoms with van der Waals surface area (Å²) in [5.41, 5.74) is -0.702. The molecule has 1 saturated carbocycles. The van der Waals surface area contributed by atoms with Crippen molar-refractivity contribution in [3.8, 4) is 0 Å². The van der Waals surface area contributed by atoms with E-state index in [9.17, 15) is 9.59 Å². The minimum Gasteiger partial charge on any atom is -0.481 e. The molecule has 3 N–H and O–H groups in total. The van der Waals surface area contributed by atoms with Crippen LogP contribution in [-0.2, 0) is 9.53 Å². The summed E-state index contributed by atoms with van der Waals surface area (Å²) >= 11 is 0. The number of aliphatic carboxylic acids is 1. The lowest BCUT2D eigenvalue weighted by Crippen LogP contribution is -2.41. The lowest BCUT2D eigenvalue weighted by Gasteiger charge is -2.13. The maximum absolute atomic E-state index is 11.5. The van der Waals surface area contributed by atoms with Crippen molar-refractivity contribution in [2.24, 2.45) is 5.41 Å². The highest BCUT2D eigenvalue weighted by Crippen LogP contribution is 2.45. The van der Waals surface area contributed by atoms with Gasteiger partial charge in [-0.15, -0.1) is 0 Å². The third-order valence-corrected chi connectivity index (χ3v) is 3.67. The summed E-state index contributed by atoms with van der Waals surface area (Å²) in [6.07, 6.45) is 4.54. The SMILES string of the molecule is O=C(NCCC1CCCO1)NCC1(C(=O)O)CC1. The Morgan fingerprint density at radius 3 is 2.67 bits per heavy atom. The maximum Gasteiger partial charge on any atom is 0.314 e. The minimum atomic E-state index is -0.817. The normalized spacial score (nSPS) is 24.6. The number of carboxylic acids is 1. The van der Waals surface area contributed by atoms with Crippen LogP contribution in [0.2, 0.25) is 0 Å². The summed E-state index contributed by atoms with van der Waals surface area (Å²) in [5, 5.41) is 14.3. The van der Waals surface area contributed by atoms with Gasteiger partial charge in [0.2, 0.25) is 0 Å². The van der Waals surface area contributed by atoms with Crippen LogP contribution in [0.1, 0.15) is 32.1 Å². The Bertz CT molecular complexity index is 322. The van der Waals surface area contributed by atoms with Crippen molar-refractivity contribution in [3.05, 3.63) is 0 Å². The molecule has 2 amide bonds. The summed E-state index contributed by atoms with van der Waals surface area (Å²) in [4.78, 5) is 22.4. The number of carboxylic acid groups (broad SMARTS) is 1. The second-order valence-corrected chi connectivity index (χ2v) is 5.12. The molecule has 0 radical (unpaired) electrons. The van der Waals surface area contributed by atoms with Crippen LogP contribution in [-0.4, -0.2) is 42.9 Å². The summed E-state index contributed by atoms with van der Waals surface area (Å²) < 4.78 is 5.44. The van der Waals surface area contributed by atoms with Crippen LogP contribution in [0, 0.1) is 5.41 Å². The zero-order chi connectivity index (χ0) is 13.0. The molecule has 2 fully saturated rings. The second kappa shape index (κ2) is 5.56. The van der Waals surface area contributed by atoms with E-state index in [4.69, 9.17) is 9.84 Å². The fourth-order valence-corrected chi connectivity index (χ4v) is 2.15. The molecule has 0 aromatic carbocycles. The summed E-state index contributed by atoms with van der Waals surface area (Å²) in [6, 6.07) is -0.291. The van der Waals surface area contributed by atoms with Gasteiger partial charge in [-0.25, -0.2) is 4.79 Å². The van der Waals surface area contributed by atoms with Crippen molar-refractivity contribution in [1.82, 2.24) is 10.6 Å². The molecule has 0 spiro atoms. The predicted molar refractivity (Wildman–Crippen MR) is 64.3 cm³/mol. The molecule has 6 nitrogen and oxygen atoms in total. The van der Waals surface area contributed by atoms with Crippen LogP contribution >= 0.6 is 0 Å². The molecule has 1 aliphatic carbocycles. The molecule has 0 aromatic rings. The lowest BCUT2D eigenvalue weighted by atomic mass is 10.1. The highest BCUT2D eigenvalue weighted by atomic mass is 16.5. The Kier molecular flexibility index (Phi) is 4.06. The van der Waals surface area contributed by atoms with E-state index >= 15 is 0 Å². The number of carbonyl (C=O) groups excluding carboxylic acids is 1. The van der Waals surface area contributed by atoms with Gasteiger partial charge in [0, 0.05) is 19.7 Å². The zero-order valence-corrected chi connectivity index (χ0v) is 10.4. The average molecular weight is 256 g/mol. The lowest BCUT2D eigenvalue weighted by molar-refractivity contribution is -0.143. The molecule has 1 heterocycles. The standard InChI is InChI=1S/C12H20N2O4/c15-10(16)12(4-5-12)8-14-11(17)13-6-3-9-2-1-7-18-9/h9H,1-8H2,(H,15,16)(H2,13,14,17).